The van der Waals surface area contributed by atoms with E-state index in [0.717, 1.165) is 48.7 Å². The summed E-state index contributed by atoms with van der Waals surface area (Å²) < 4.78 is 1.23. The molecule has 3 nitrogen and oxygen atoms in total. The van der Waals surface area contributed by atoms with Crippen LogP contribution in [0, 0.1) is 5.92 Å². The number of para-hydroxylation sites is 1. The van der Waals surface area contributed by atoms with Crippen LogP contribution < -0.4 is 0 Å². The molecule has 0 radical (unpaired) electrons. The summed E-state index contributed by atoms with van der Waals surface area (Å²) in [6.45, 7) is 0.906. The van der Waals surface area contributed by atoms with Crippen LogP contribution in [0.1, 0.15) is 75.3 Å². The smallest absolute Gasteiger partial charge is 0.223 e. The Balaban J connectivity index is 1.36. The van der Waals surface area contributed by atoms with Gasteiger partial charge in [0.1, 0.15) is 5.01 Å². The molecule has 0 spiro atoms. The number of carbonyl (C=O) groups excluding carboxylic acids is 1. The van der Waals surface area contributed by atoms with Gasteiger partial charge in [-0.3, -0.25) is 4.79 Å². The van der Waals surface area contributed by atoms with Crippen LogP contribution in [0.25, 0.3) is 10.2 Å². The summed E-state index contributed by atoms with van der Waals surface area (Å²) in [7, 11) is 0. The number of likely N-dealkylation sites (tertiary alicyclic amines) is 1. The molecule has 4 rings (SSSR count). The molecular weight excluding hydrogens is 328 g/mol. The number of nitrogens with zero attached hydrogens (tertiary/aromatic N) is 2. The predicted octanol–water partition coefficient (Wildman–Crippen LogP) is 5.71. The van der Waals surface area contributed by atoms with E-state index in [-0.39, 0.29) is 6.04 Å². The van der Waals surface area contributed by atoms with Crippen LogP contribution in [0.15, 0.2) is 24.3 Å². The van der Waals surface area contributed by atoms with E-state index in [4.69, 9.17) is 4.98 Å². The summed E-state index contributed by atoms with van der Waals surface area (Å²) in [5.41, 5.74) is 1.07. The third kappa shape index (κ3) is 3.89. The van der Waals surface area contributed by atoms with Gasteiger partial charge in [-0.05, 0) is 43.7 Å². The zero-order valence-electron chi connectivity index (χ0n) is 15.0. The molecule has 2 heterocycles. The van der Waals surface area contributed by atoms with E-state index in [0.29, 0.717) is 5.91 Å². The van der Waals surface area contributed by atoms with Crippen LogP contribution in [0.3, 0.4) is 0 Å². The molecule has 2 aromatic rings. The Hall–Kier alpha value is -1.42. The van der Waals surface area contributed by atoms with E-state index in [2.05, 4.69) is 23.1 Å². The number of hydrogen-bond acceptors (Lipinski definition) is 3. The number of fused-ring (bicyclic) bond motifs is 1. The first-order valence-corrected chi connectivity index (χ1v) is 10.8. The van der Waals surface area contributed by atoms with E-state index in [1.54, 1.807) is 11.3 Å². The molecule has 1 aliphatic heterocycles. The fraction of sp³-hybridized carbons (Fsp3) is 0.619. The quantitative estimate of drug-likeness (QED) is 0.687. The molecule has 0 bridgehead atoms. The Morgan fingerprint density at radius 2 is 1.96 bits per heavy atom. The fourth-order valence-electron chi connectivity index (χ4n) is 4.52. The van der Waals surface area contributed by atoms with E-state index >= 15 is 0 Å². The minimum absolute atomic E-state index is 0.208. The van der Waals surface area contributed by atoms with Gasteiger partial charge in [-0.2, -0.15) is 0 Å². The number of aromatic nitrogens is 1. The Morgan fingerprint density at radius 1 is 1.12 bits per heavy atom. The van der Waals surface area contributed by atoms with Crippen molar-refractivity contribution < 1.29 is 4.79 Å². The molecule has 4 heteroatoms. The minimum atomic E-state index is 0.208. The summed E-state index contributed by atoms with van der Waals surface area (Å²) in [5, 5.41) is 1.12. The molecule has 1 saturated heterocycles. The molecule has 1 saturated carbocycles. The van der Waals surface area contributed by atoms with Crippen molar-refractivity contribution in [3.8, 4) is 0 Å². The summed E-state index contributed by atoms with van der Waals surface area (Å²) in [6, 6.07) is 8.50. The van der Waals surface area contributed by atoms with Crippen LogP contribution in [0.5, 0.6) is 0 Å². The lowest BCUT2D eigenvalue weighted by Gasteiger charge is -2.24. The van der Waals surface area contributed by atoms with Crippen LogP contribution in [-0.4, -0.2) is 22.3 Å². The molecule has 1 aliphatic carbocycles. The molecule has 2 fully saturated rings. The molecule has 1 atom stereocenters. The summed E-state index contributed by atoms with van der Waals surface area (Å²) in [4.78, 5) is 19.7. The molecule has 25 heavy (non-hydrogen) atoms. The first-order valence-electron chi connectivity index (χ1n) is 9.96. The minimum Gasteiger partial charge on any atom is -0.333 e. The standard InChI is InChI=1S/C21H28N2OS/c24-20(14-6-10-16-8-2-1-3-9-16)23-15-7-12-18(23)21-22-17-11-4-5-13-19(17)25-21/h4-5,11,13,16,18H,1-3,6-10,12,14-15H2. The Morgan fingerprint density at radius 3 is 2.80 bits per heavy atom. The lowest BCUT2D eigenvalue weighted by atomic mass is 9.86. The first-order chi connectivity index (χ1) is 12.3. The highest BCUT2D eigenvalue weighted by Crippen LogP contribution is 2.37. The predicted molar refractivity (Wildman–Crippen MR) is 104 cm³/mol. The monoisotopic (exact) mass is 356 g/mol. The highest BCUT2D eigenvalue weighted by Gasteiger charge is 2.31. The van der Waals surface area contributed by atoms with Crippen LogP contribution >= 0.6 is 11.3 Å². The number of hydrogen-bond donors (Lipinski definition) is 0. The van der Waals surface area contributed by atoms with Gasteiger partial charge in [-0.15, -0.1) is 11.3 Å². The molecule has 1 aromatic carbocycles. The molecule has 2 aliphatic rings. The molecule has 1 aromatic heterocycles. The number of carbonyl (C=O) groups is 1. The fourth-order valence-corrected chi connectivity index (χ4v) is 5.63. The van der Waals surface area contributed by atoms with Crippen LogP contribution in [-0.2, 0) is 4.79 Å². The van der Waals surface area contributed by atoms with Gasteiger partial charge in [0.2, 0.25) is 5.91 Å². The molecule has 0 N–H and O–H groups in total. The van der Waals surface area contributed by atoms with E-state index < -0.39 is 0 Å². The maximum atomic E-state index is 12.8. The van der Waals surface area contributed by atoms with E-state index in [1.165, 1.54) is 43.2 Å². The first kappa shape index (κ1) is 17.0. The van der Waals surface area contributed by atoms with Gasteiger partial charge in [0.05, 0.1) is 16.3 Å². The highest BCUT2D eigenvalue weighted by atomic mass is 32.1. The van der Waals surface area contributed by atoms with Crippen molar-refractivity contribution in [2.75, 3.05) is 6.54 Å². The summed E-state index contributed by atoms with van der Waals surface area (Å²) in [6.07, 6.45) is 12.2. The van der Waals surface area contributed by atoms with Gasteiger partial charge in [0.25, 0.3) is 0 Å². The summed E-state index contributed by atoms with van der Waals surface area (Å²) in [5.74, 6) is 1.22. The third-order valence-corrected chi connectivity index (χ3v) is 7.03. The van der Waals surface area contributed by atoms with E-state index in [1.807, 2.05) is 6.07 Å². The van der Waals surface area contributed by atoms with Gasteiger partial charge in [-0.1, -0.05) is 44.2 Å². The SMILES string of the molecule is O=C(CCCC1CCCCC1)N1CCCC1c1nc2ccccc2s1. The molecule has 1 unspecified atom stereocenters. The highest BCUT2D eigenvalue weighted by molar-refractivity contribution is 7.18. The van der Waals surface area contributed by atoms with Gasteiger partial charge in [-0.25, -0.2) is 4.98 Å². The van der Waals surface area contributed by atoms with Crippen molar-refractivity contribution in [1.82, 2.24) is 9.88 Å². The zero-order chi connectivity index (χ0) is 17.1. The second-order valence-corrected chi connectivity index (χ2v) is 8.72. The largest absolute Gasteiger partial charge is 0.333 e. The average Bonchev–Trinajstić information content (AvgIpc) is 3.29. The van der Waals surface area contributed by atoms with Crippen molar-refractivity contribution in [2.24, 2.45) is 5.92 Å². The number of thiazole rings is 1. The van der Waals surface area contributed by atoms with E-state index in [9.17, 15) is 4.79 Å². The number of amides is 1. The maximum Gasteiger partial charge on any atom is 0.223 e. The zero-order valence-corrected chi connectivity index (χ0v) is 15.8. The number of benzene rings is 1. The Labute approximate surface area is 154 Å². The van der Waals surface area contributed by atoms with Crippen molar-refractivity contribution in [3.63, 3.8) is 0 Å². The van der Waals surface area contributed by atoms with Gasteiger partial charge < -0.3 is 4.90 Å². The van der Waals surface area contributed by atoms with Crippen LogP contribution in [0.2, 0.25) is 0 Å². The lowest BCUT2D eigenvalue weighted by molar-refractivity contribution is -0.132. The van der Waals surface area contributed by atoms with Crippen molar-refractivity contribution >= 4 is 27.5 Å². The Kier molecular flexibility index (Phi) is 5.35. The topological polar surface area (TPSA) is 33.2 Å². The normalized spacial score (nSPS) is 21.9. The summed E-state index contributed by atoms with van der Waals surface area (Å²) >= 11 is 1.76. The van der Waals surface area contributed by atoms with Crippen molar-refractivity contribution in [3.05, 3.63) is 29.3 Å². The van der Waals surface area contributed by atoms with Gasteiger partial charge in [0, 0.05) is 13.0 Å². The van der Waals surface area contributed by atoms with Crippen LogP contribution in [0.4, 0.5) is 0 Å². The number of rotatable bonds is 5. The lowest BCUT2D eigenvalue weighted by Crippen LogP contribution is -2.30. The molecule has 1 amide bonds. The molecular formula is C21H28N2OS. The van der Waals surface area contributed by atoms with Gasteiger partial charge >= 0.3 is 0 Å². The van der Waals surface area contributed by atoms with Crippen molar-refractivity contribution in [1.29, 1.82) is 0 Å². The molecule has 134 valence electrons. The average molecular weight is 357 g/mol. The van der Waals surface area contributed by atoms with Crippen molar-refractivity contribution in [2.45, 2.75) is 70.3 Å². The second kappa shape index (κ2) is 7.86. The third-order valence-electron chi connectivity index (χ3n) is 5.90. The maximum absolute atomic E-state index is 12.8. The second-order valence-electron chi connectivity index (χ2n) is 7.66. The van der Waals surface area contributed by atoms with Gasteiger partial charge in [0.15, 0.2) is 0 Å². The Bertz CT molecular complexity index is 687.